The van der Waals surface area contributed by atoms with Crippen molar-refractivity contribution < 1.29 is 4.39 Å². The molecule has 1 atom stereocenters. The minimum atomic E-state index is -0.181. The summed E-state index contributed by atoms with van der Waals surface area (Å²) in [4.78, 5) is 0.300. The monoisotopic (exact) mass is 370 g/mol. The Hall–Kier alpha value is -0.670. The standard InChI is InChI=1S/C15H13Br2F/c16-14(11-4-2-1-3-5-11)8-6-12-10-13(18)7-9-15(12)17/h1-5,7,9-10,14H,6,8H2. The molecule has 0 aliphatic heterocycles. The van der Waals surface area contributed by atoms with E-state index in [1.165, 1.54) is 11.6 Å². The summed E-state index contributed by atoms with van der Waals surface area (Å²) in [5.41, 5.74) is 2.26. The van der Waals surface area contributed by atoms with E-state index in [0.29, 0.717) is 4.83 Å². The number of hydrogen-bond donors (Lipinski definition) is 0. The number of benzene rings is 2. The lowest BCUT2D eigenvalue weighted by molar-refractivity contribution is 0.624. The summed E-state index contributed by atoms with van der Waals surface area (Å²) >= 11 is 7.13. The first kappa shape index (κ1) is 13.8. The van der Waals surface area contributed by atoms with Gasteiger partial charge in [-0.25, -0.2) is 4.39 Å². The zero-order valence-corrected chi connectivity index (χ0v) is 12.9. The molecule has 0 bridgehead atoms. The van der Waals surface area contributed by atoms with Crippen LogP contribution in [0.5, 0.6) is 0 Å². The van der Waals surface area contributed by atoms with Crippen LogP contribution in [0.4, 0.5) is 4.39 Å². The van der Waals surface area contributed by atoms with Gasteiger partial charge in [0.1, 0.15) is 5.82 Å². The van der Waals surface area contributed by atoms with Gasteiger partial charge in [0.05, 0.1) is 0 Å². The lowest BCUT2D eigenvalue weighted by Gasteiger charge is -2.11. The molecule has 0 saturated carbocycles. The van der Waals surface area contributed by atoms with Crippen molar-refractivity contribution >= 4 is 31.9 Å². The van der Waals surface area contributed by atoms with Crippen molar-refractivity contribution in [1.82, 2.24) is 0 Å². The first-order chi connectivity index (χ1) is 8.66. The van der Waals surface area contributed by atoms with Crippen molar-refractivity contribution in [2.24, 2.45) is 0 Å². The quantitative estimate of drug-likeness (QED) is 0.608. The summed E-state index contributed by atoms with van der Waals surface area (Å²) in [5.74, 6) is -0.181. The zero-order chi connectivity index (χ0) is 13.0. The van der Waals surface area contributed by atoms with E-state index in [4.69, 9.17) is 0 Å². The van der Waals surface area contributed by atoms with Crippen molar-refractivity contribution in [1.29, 1.82) is 0 Å². The Labute approximate surface area is 123 Å². The van der Waals surface area contributed by atoms with E-state index in [-0.39, 0.29) is 5.82 Å². The topological polar surface area (TPSA) is 0 Å². The van der Waals surface area contributed by atoms with E-state index in [1.807, 2.05) is 18.2 Å². The summed E-state index contributed by atoms with van der Waals surface area (Å²) in [6.45, 7) is 0. The van der Waals surface area contributed by atoms with Crippen LogP contribution < -0.4 is 0 Å². The molecular formula is C15H13Br2F. The Balaban J connectivity index is 2.01. The van der Waals surface area contributed by atoms with Gasteiger partial charge in [-0.1, -0.05) is 62.2 Å². The second-order valence-electron chi connectivity index (χ2n) is 4.15. The Morgan fingerprint density at radius 3 is 2.50 bits per heavy atom. The normalized spacial score (nSPS) is 12.4. The first-order valence-electron chi connectivity index (χ1n) is 5.80. The highest BCUT2D eigenvalue weighted by molar-refractivity contribution is 9.10. The maximum atomic E-state index is 13.2. The molecule has 0 spiro atoms. The highest BCUT2D eigenvalue weighted by Crippen LogP contribution is 2.29. The molecule has 0 heterocycles. The van der Waals surface area contributed by atoms with Crippen molar-refractivity contribution in [3.8, 4) is 0 Å². The largest absolute Gasteiger partial charge is 0.207 e. The predicted octanol–water partition coefficient (Wildman–Crippen LogP) is 5.66. The van der Waals surface area contributed by atoms with Gasteiger partial charge in [-0.3, -0.25) is 0 Å². The molecule has 1 unspecified atom stereocenters. The van der Waals surface area contributed by atoms with Gasteiger partial charge in [0.25, 0.3) is 0 Å². The Bertz CT molecular complexity index is 511. The van der Waals surface area contributed by atoms with Crippen LogP contribution in [0.15, 0.2) is 53.0 Å². The van der Waals surface area contributed by atoms with Gasteiger partial charge in [0.15, 0.2) is 0 Å². The fourth-order valence-corrected chi connectivity index (χ4v) is 2.82. The minimum Gasteiger partial charge on any atom is -0.207 e. The molecule has 0 N–H and O–H groups in total. The molecule has 0 aliphatic carbocycles. The SMILES string of the molecule is Fc1ccc(Br)c(CCC(Br)c2ccccc2)c1. The van der Waals surface area contributed by atoms with Gasteiger partial charge >= 0.3 is 0 Å². The van der Waals surface area contributed by atoms with E-state index in [0.717, 1.165) is 22.9 Å². The average Bonchev–Trinajstić information content (AvgIpc) is 2.40. The van der Waals surface area contributed by atoms with Crippen LogP contribution in [0.3, 0.4) is 0 Å². The number of alkyl halides is 1. The van der Waals surface area contributed by atoms with E-state index in [9.17, 15) is 4.39 Å². The molecular weight excluding hydrogens is 359 g/mol. The molecule has 18 heavy (non-hydrogen) atoms. The van der Waals surface area contributed by atoms with Gasteiger partial charge in [-0.15, -0.1) is 0 Å². The van der Waals surface area contributed by atoms with Gasteiger partial charge in [0, 0.05) is 9.30 Å². The number of halogens is 3. The third-order valence-electron chi connectivity index (χ3n) is 2.84. The summed E-state index contributed by atoms with van der Waals surface area (Å²) < 4.78 is 14.1. The summed E-state index contributed by atoms with van der Waals surface area (Å²) in [6, 6.07) is 15.1. The molecule has 0 nitrogen and oxygen atoms in total. The second-order valence-corrected chi connectivity index (χ2v) is 6.11. The first-order valence-corrected chi connectivity index (χ1v) is 7.50. The van der Waals surface area contributed by atoms with Crippen molar-refractivity contribution in [2.45, 2.75) is 17.7 Å². The van der Waals surface area contributed by atoms with Crippen LogP contribution in [0.1, 0.15) is 22.4 Å². The number of aryl methyl sites for hydroxylation is 1. The average molecular weight is 372 g/mol. The second kappa shape index (κ2) is 6.48. The summed E-state index contributed by atoms with van der Waals surface area (Å²) in [7, 11) is 0. The van der Waals surface area contributed by atoms with Crippen LogP contribution in [0, 0.1) is 5.82 Å². The molecule has 94 valence electrons. The number of hydrogen-bond acceptors (Lipinski definition) is 0. The molecule has 0 aliphatic rings. The lowest BCUT2D eigenvalue weighted by Crippen LogP contribution is -1.95. The van der Waals surface area contributed by atoms with Gasteiger partial charge in [0.2, 0.25) is 0 Å². The van der Waals surface area contributed by atoms with Gasteiger partial charge in [-0.05, 0) is 42.2 Å². The third kappa shape index (κ3) is 3.66. The van der Waals surface area contributed by atoms with E-state index >= 15 is 0 Å². The van der Waals surface area contributed by atoms with E-state index in [2.05, 4.69) is 44.0 Å². The number of rotatable bonds is 4. The van der Waals surface area contributed by atoms with E-state index in [1.54, 1.807) is 12.1 Å². The molecule has 0 saturated heterocycles. The Morgan fingerprint density at radius 2 is 1.78 bits per heavy atom. The lowest BCUT2D eigenvalue weighted by atomic mass is 10.0. The molecule has 3 heteroatoms. The molecule has 0 fully saturated rings. The third-order valence-corrected chi connectivity index (χ3v) is 4.60. The maximum absolute atomic E-state index is 13.2. The minimum absolute atomic E-state index is 0.181. The summed E-state index contributed by atoms with van der Waals surface area (Å²) in [5, 5.41) is 0. The van der Waals surface area contributed by atoms with Crippen molar-refractivity contribution in [2.75, 3.05) is 0 Å². The molecule has 0 aromatic heterocycles. The molecule has 0 amide bonds. The van der Waals surface area contributed by atoms with Crippen molar-refractivity contribution in [3.63, 3.8) is 0 Å². The summed E-state index contributed by atoms with van der Waals surface area (Å²) in [6.07, 6.45) is 1.77. The van der Waals surface area contributed by atoms with Crippen LogP contribution in [0.25, 0.3) is 0 Å². The Kier molecular flexibility index (Phi) is 4.95. The fourth-order valence-electron chi connectivity index (χ4n) is 1.85. The van der Waals surface area contributed by atoms with Crippen LogP contribution in [0.2, 0.25) is 0 Å². The van der Waals surface area contributed by atoms with Crippen LogP contribution >= 0.6 is 31.9 Å². The van der Waals surface area contributed by atoms with Crippen LogP contribution in [-0.2, 0) is 6.42 Å². The highest BCUT2D eigenvalue weighted by atomic mass is 79.9. The highest BCUT2D eigenvalue weighted by Gasteiger charge is 2.09. The molecule has 2 rings (SSSR count). The Morgan fingerprint density at radius 1 is 1.06 bits per heavy atom. The van der Waals surface area contributed by atoms with Crippen LogP contribution in [-0.4, -0.2) is 0 Å². The molecule has 0 radical (unpaired) electrons. The van der Waals surface area contributed by atoms with Gasteiger partial charge < -0.3 is 0 Å². The fraction of sp³-hybridized carbons (Fsp3) is 0.200. The smallest absolute Gasteiger partial charge is 0.123 e. The maximum Gasteiger partial charge on any atom is 0.123 e. The zero-order valence-electron chi connectivity index (χ0n) is 9.74. The predicted molar refractivity (Wildman–Crippen MR) is 80.5 cm³/mol. The van der Waals surface area contributed by atoms with Crippen molar-refractivity contribution in [3.05, 3.63) is 69.9 Å². The van der Waals surface area contributed by atoms with Gasteiger partial charge in [-0.2, -0.15) is 0 Å². The molecule has 2 aromatic rings. The van der Waals surface area contributed by atoms with E-state index < -0.39 is 0 Å². The molecule has 2 aromatic carbocycles.